The summed E-state index contributed by atoms with van der Waals surface area (Å²) in [6.45, 7) is 7.99. The number of fused-ring (bicyclic) bond motifs is 1. The molecule has 2 rings (SSSR count). The lowest BCUT2D eigenvalue weighted by Crippen LogP contribution is -2.38. The molecule has 1 aromatic carbocycles. The molecule has 178 valence electrons. The van der Waals surface area contributed by atoms with Crippen LogP contribution in [0.2, 0.25) is 0 Å². The smallest absolute Gasteiger partial charge is 0.163 e. The Morgan fingerprint density at radius 3 is 1.58 bits per heavy atom. The molecule has 2 unspecified atom stereocenters. The van der Waals surface area contributed by atoms with Crippen molar-refractivity contribution in [3.63, 3.8) is 0 Å². The van der Waals surface area contributed by atoms with Crippen molar-refractivity contribution in [1.82, 2.24) is 9.80 Å². The molecule has 0 N–H and O–H groups in total. The maximum Gasteiger partial charge on any atom is 0.163 e. The predicted octanol–water partition coefficient (Wildman–Crippen LogP) is 5.93. The van der Waals surface area contributed by atoms with Crippen LogP contribution in [0.5, 0.6) is 11.5 Å². The van der Waals surface area contributed by atoms with Crippen LogP contribution in [-0.4, -0.2) is 62.7 Å². The highest BCUT2D eigenvalue weighted by Gasteiger charge is 2.23. The third kappa shape index (κ3) is 9.80. The maximum atomic E-state index is 6.49. The van der Waals surface area contributed by atoms with Gasteiger partial charge in [-0.15, -0.1) is 0 Å². The highest BCUT2D eigenvalue weighted by Crippen LogP contribution is 2.31. The minimum atomic E-state index is -0.00491. The fourth-order valence-electron chi connectivity index (χ4n) is 4.01. The maximum absolute atomic E-state index is 6.49. The summed E-state index contributed by atoms with van der Waals surface area (Å²) in [6, 6.07) is 8.12. The Morgan fingerprint density at radius 1 is 0.710 bits per heavy atom. The summed E-state index contributed by atoms with van der Waals surface area (Å²) in [5.41, 5.74) is 0. The first-order chi connectivity index (χ1) is 15.2. The van der Waals surface area contributed by atoms with Gasteiger partial charge in [-0.1, -0.05) is 64.5 Å². The summed E-state index contributed by atoms with van der Waals surface area (Å²) in [4.78, 5) is 4.65. The molecule has 5 heteroatoms. The molecule has 0 saturated carbocycles. The van der Waals surface area contributed by atoms with Gasteiger partial charge in [0.15, 0.2) is 24.0 Å². The van der Waals surface area contributed by atoms with Gasteiger partial charge in [-0.05, 0) is 39.1 Å². The zero-order valence-corrected chi connectivity index (χ0v) is 20.5. The van der Waals surface area contributed by atoms with Crippen LogP contribution in [0.25, 0.3) is 0 Å². The van der Waals surface area contributed by atoms with E-state index in [0.717, 1.165) is 37.4 Å². The van der Waals surface area contributed by atoms with Crippen molar-refractivity contribution in [1.29, 1.82) is 0 Å². The summed E-state index contributed by atoms with van der Waals surface area (Å²) < 4.78 is 19.0. The Kier molecular flexibility index (Phi) is 13.0. The number of ether oxygens (including phenoxy) is 3. The molecule has 31 heavy (non-hydrogen) atoms. The average molecular weight is 435 g/mol. The topological polar surface area (TPSA) is 34.2 Å². The van der Waals surface area contributed by atoms with Gasteiger partial charge in [0.2, 0.25) is 0 Å². The first-order valence-corrected chi connectivity index (χ1v) is 12.6. The van der Waals surface area contributed by atoms with Crippen LogP contribution in [0.15, 0.2) is 24.3 Å². The van der Waals surface area contributed by atoms with Crippen LogP contribution in [-0.2, 0) is 4.74 Å². The summed E-state index contributed by atoms with van der Waals surface area (Å²) in [5.74, 6) is 1.67. The highest BCUT2D eigenvalue weighted by atomic mass is 16.6. The summed E-state index contributed by atoms with van der Waals surface area (Å²) in [6.07, 6.45) is 11.8. The molecule has 0 bridgehead atoms. The average Bonchev–Trinajstić information content (AvgIpc) is 2.82. The number of benzene rings is 1. The van der Waals surface area contributed by atoms with Gasteiger partial charge in [-0.25, -0.2) is 0 Å². The second kappa shape index (κ2) is 15.5. The van der Waals surface area contributed by atoms with Crippen molar-refractivity contribution >= 4 is 0 Å². The number of hydrogen-bond donors (Lipinski definition) is 0. The van der Waals surface area contributed by atoms with E-state index in [2.05, 4.69) is 37.7 Å². The van der Waals surface area contributed by atoms with Gasteiger partial charge in [-0.2, -0.15) is 0 Å². The van der Waals surface area contributed by atoms with Crippen molar-refractivity contribution in [2.75, 3.05) is 40.4 Å². The first kappa shape index (κ1) is 26.0. The third-order valence-electron chi connectivity index (χ3n) is 6.11. The van der Waals surface area contributed by atoms with Crippen LogP contribution in [0.3, 0.4) is 0 Å². The first-order valence-electron chi connectivity index (χ1n) is 12.6. The zero-order valence-electron chi connectivity index (χ0n) is 20.5. The van der Waals surface area contributed by atoms with E-state index in [0.29, 0.717) is 13.2 Å². The van der Waals surface area contributed by atoms with Gasteiger partial charge in [0, 0.05) is 25.9 Å². The van der Waals surface area contributed by atoms with Crippen molar-refractivity contribution in [2.45, 2.75) is 90.5 Å². The van der Waals surface area contributed by atoms with Gasteiger partial charge >= 0.3 is 0 Å². The molecular formula is C26H46N2O3. The Hall–Kier alpha value is -1.30. The summed E-state index contributed by atoms with van der Waals surface area (Å²) in [5, 5.41) is 0. The number of rotatable bonds is 12. The molecule has 0 radical (unpaired) electrons. The molecule has 0 spiro atoms. The van der Waals surface area contributed by atoms with E-state index in [1.807, 2.05) is 24.3 Å². The molecule has 5 nitrogen and oxygen atoms in total. The Labute approximate surface area is 191 Å². The summed E-state index contributed by atoms with van der Waals surface area (Å²) >= 11 is 0. The van der Waals surface area contributed by atoms with Gasteiger partial charge in [0.25, 0.3) is 0 Å². The number of hydrogen-bond acceptors (Lipinski definition) is 5. The van der Waals surface area contributed by atoms with E-state index in [1.54, 1.807) is 0 Å². The minimum Gasteiger partial charge on any atom is -0.471 e. The van der Waals surface area contributed by atoms with Crippen LogP contribution in [0, 0.1) is 0 Å². The van der Waals surface area contributed by atoms with Crippen molar-refractivity contribution in [3.8, 4) is 11.5 Å². The lowest BCUT2D eigenvalue weighted by atomic mass is 10.2. The highest BCUT2D eigenvalue weighted by molar-refractivity contribution is 5.39. The van der Waals surface area contributed by atoms with Gasteiger partial charge in [0.1, 0.15) is 0 Å². The van der Waals surface area contributed by atoms with Crippen LogP contribution in [0.1, 0.15) is 78.1 Å². The van der Waals surface area contributed by atoms with E-state index in [1.165, 1.54) is 51.4 Å². The lowest BCUT2D eigenvalue weighted by Gasteiger charge is -2.30. The zero-order chi connectivity index (χ0) is 22.3. The molecule has 0 fully saturated rings. The van der Waals surface area contributed by atoms with Crippen LogP contribution >= 0.6 is 0 Å². The number of nitrogens with zero attached hydrogens (tertiary/aromatic N) is 2. The Balaban J connectivity index is 2.04. The Morgan fingerprint density at radius 2 is 1.16 bits per heavy atom. The van der Waals surface area contributed by atoms with Crippen LogP contribution < -0.4 is 9.47 Å². The van der Waals surface area contributed by atoms with Crippen molar-refractivity contribution < 1.29 is 14.2 Å². The summed E-state index contributed by atoms with van der Waals surface area (Å²) in [7, 11) is 4.32. The number of unbranched alkanes of at least 4 members (excludes halogenated alkanes) is 6. The van der Waals surface area contributed by atoms with Gasteiger partial charge < -0.3 is 14.2 Å². The molecule has 0 aliphatic carbocycles. The van der Waals surface area contributed by atoms with Crippen LogP contribution in [0.4, 0.5) is 0 Å². The number of para-hydroxylation sites is 2. The minimum absolute atomic E-state index is 0.00491. The normalized spacial score (nSPS) is 20.1. The van der Waals surface area contributed by atoms with Gasteiger partial charge in [-0.3, -0.25) is 9.80 Å². The second-order valence-electron chi connectivity index (χ2n) is 8.86. The molecule has 1 aliphatic rings. The van der Waals surface area contributed by atoms with E-state index < -0.39 is 0 Å². The largest absolute Gasteiger partial charge is 0.471 e. The predicted molar refractivity (Wildman–Crippen MR) is 129 cm³/mol. The van der Waals surface area contributed by atoms with E-state index in [9.17, 15) is 0 Å². The van der Waals surface area contributed by atoms with E-state index in [4.69, 9.17) is 14.2 Å². The molecule has 0 amide bonds. The molecule has 0 aromatic heterocycles. The monoisotopic (exact) mass is 434 g/mol. The quantitative estimate of drug-likeness (QED) is 0.381. The molecule has 2 atom stereocenters. The van der Waals surface area contributed by atoms with Crippen molar-refractivity contribution in [3.05, 3.63) is 24.3 Å². The second-order valence-corrected chi connectivity index (χ2v) is 8.86. The van der Waals surface area contributed by atoms with E-state index >= 15 is 0 Å². The lowest BCUT2D eigenvalue weighted by molar-refractivity contribution is 0.00223. The molecule has 0 saturated heterocycles. The fraction of sp³-hybridized carbons (Fsp3) is 0.769. The standard InChI is InChI=1S/C26H46N2O3/c1-5-7-9-13-19-27(3)25-17-21-29-22-18-26(28(4)20-14-10-8-6-2)31-24-16-12-11-15-23(24)30-25/h11-12,15-16,25-26H,5-10,13-14,17-22H2,1-4H3. The third-order valence-corrected chi connectivity index (χ3v) is 6.11. The Bertz CT molecular complexity index is 535. The fourth-order valence-corrected chi connectivity index (χ4v) is 4.01. The molecule has 1 heterocycles. The van der Waals surface area contributed by atoms with Gasteiger partial charge in [0.05, 0.1) is 13.2 Å². The van der Waals surface area contributed by atoms with Crippen molar-refractivity contribution in [2.24, 2.45) is 0 Å². The molecular weight excluding hydrogens is 388 g/mol. The molecule has 1 aliphatic heterocycles. The molecule has 1 aromatic rings. The van der Waals surface area contributed by atoms with E-state index in [-0.39, 0.29) is 12.5 Å². The SMILES string of the molecule is CCCCCCN(C)C1CCOCCC(N(C)CCCCCC)Oc2ccccc2O1.